The number of unbranched alkanes of at least 4 members (excludes halogenated alkanes) is 3. The van der Waals surface area contributed by atoms with E-state index in [1.54, 1.807) is 24.4 Å². The number of ether oxygens (including phenoxy) is 4. The van der Waals surface area contributed by atoms with Gasteiger partial charge in [0, 0.05) is 5.56 Å². The van der Waals surface area contributed by atoms with Gasteiger partial charge in [0.1, 0.15) is 6.61 Å². The summed E-state index contributed by atoms with van der Waals surface area (Å²) in [7, 11) is 0. The molecule has 8 heteroatoms. The van der Waals surface area contributed by atoms with Gasteiger partial charge in [0.15, 0.2) is 23.0 Å². The average molecular weight is 598 g/mol. The minimum atomic E-state index is -0.363. The highest BCUT2D eigenvalue weighted by Crippen LogP contribution is 2.37. The van der Waals surface area contributed by atoms with Crippen LogP contribution in [-0.4, -0.2) is 31.9 Å². The molecule has 0 fully saturated rings. The van der Waals surface area contributed by atoms with Crippen molar-refractivity contribution in [2.24, 2.45) is 5.10 Å². The van der Waals surface area contributed by atoms with Gasteiger partial charge in [-0.2, -0.15) is 5.10 Å². The van der Waals surface area contributed by atoms with Crippen molar-refractivity contribution in [1.82, 2.24) is 5.43 Å². The van der Waals surface area contributed by atoms with Crippen LogP contribution in [-0.2, 0) is 6.61 Å². The van der Waals surface area contributed by atoms with Crippen LogP contribution in [0.3, 0.4) is 0 Å². The third-order valence-electron chi connectivity index (χ3n) is 5.70. The first kappa shape index (κ1) is 30.0. The predicted molar refractivity (Wildman–Crippen MR) is 158 cm³/mol. The number of amides is 1. The van der Waals surface area contributed by atoms with Crippen LogP contribution >= 0.6 is 15.9 Å². The van der Waals surface area contributed by atoms with Gasteiger partial charge in [-0.05, 0) is 77.7 Å². The van der Waals surface area contributed by atoms with Crippen LogP contribution in [0, 0.1) is 0 Å². The maximum absolute atomic E-state index is 12.8. The SMILES string of the molecule is CCCCCCOc1c(Br)cc(/C=N/NC(=O)c2ccc(OCc3ccccc3)c(OCC)c2)cc1OCC. The molecule has 0 aromatic heterocycles. The molecule has 0 bridgehead atoms. The van der Waals surface area contributed by atoms with Crippen LogP contribution < -0.4 is 24.4 Å². The van der Waals surface area contributed by atoms with Gasteiger partial charge in [-0.15, -0.1) is 0 Å². The summed E-state index contributed by atoms with van der Waals surface area (Å²) in [5, 5.41) is 4.15. The Labute approximate surface area is 239 Å². The lowest BCUT2D eigenvalue weighted by atomic mass is 10.2. The van der Waals surface area contributed by atoms with Crippen LogP contribution in [0.1, 0.15) is 67.9 Å². The zero-order valence-electron chi connectivity index (χ0n) is 22.9. The Morgan fingerprint density at radius 3 is 2.36 bits per heavy atom. The Morgan fingerprint density at radius 1 is 0.846 bits per heavy atom. The van der Waals surface area contributed by atoms with E-state index < -0.39 is 0 Å². The molecule has 1 amide bonds. The van der Waals surface area contributed by atoms with E-state index >= 15 is 0 Å². The van der Waals surface area contributed by atoms with Gasteiger partial charge >= 0.3 is 0 Å². The molecule has 0 spiro atoms. The number of carbonyl (C=O) groups excluding carboxylic acids is 1. The number of carbonyl (C=O) groups is 1. The van der Waals surface area contributed by atoms with Gasteiger partial charge in [-0.25, -0.2) is 5.43 Å². The molecule has 0 unspecified atom stereocenters. The summed E-state index contributed by atoms with van der Waals surface area (Å²) in [6, 6.07) is 18.7. The molecule has 39 heavy (non-hydrogen) atoms. The third kappa shape index (κ3) is 9.62. The highest BCUT2D eigenvalue weighted by molar-refractivity contribution is 9.10. The second kappa shape index (κ2) is 16.4. The molecule has 0 aliphatic rings. The molecule has 7 nitrogen and oxygen atoms in total. The predicted octanol–water partition coefficient (Wildman–Crippen LogP) is 7.55. The Balaban J connectivity index is 1.65. The van der Waals surface area contributed by atoms with Gasteiger partial charge in [0.2, 0.25) is 0 Å². The normalized spacial score (nSPS) is 10.9. The second-order valence-corrected chi connectivity index (χ2v) is 9.59. The molecule has 3 aromatic carbocycles. The number of rotatable bonds is 16. The van der Waals surface area contributed by atoms with E-state index in [4.69, 9.17) is 18.9 Å². The zero-order chi connectivity index (χ0) is 27.9. The zero-order valence-corrected chi connectivity index (χ0v) is 24.5. The van der Waals surface area contributed by atoms with Crippen LogP contribution in [0.25, 0.3) is 0 Å². The van der Waals surface area contributed by atoms with E-state index in [0.29, 0.717) is 55.0 Å². The molecule has 0 aliphatic carbocycles. The molecule has 0 saturated heterocycles. The van der Waals surface area contributed by atoms with Crippen molar-refractivity contribution in [1.29, 1.82) is 0 Å². The molecule has 1 N–H and O–H groups in total. The first-order valence-electron chi connectivity index (χ1n) is 13.4. The van der Waals surface area contributed by atoms with E-state index in [2.05, 4.69) is 33.4 Å². The standard InChI is InChI=1S/C31H37BrN2O5/c1-4-7-8-12-17-38-30-26(32)18-24(19-29(30)37-6-3)21-33-34-31(35)25-15-16-27(28(20-25)36-5-2)39-22-23-13-10-9-11-14-23/h9-11,13-16,18-21H,4-8,12,17,22H2,1-3H3,(H,34,35)/b33-21+. The fourth-order valence-electron chi connectivity index (χ4n) is 3.77. The molecule has 3 rings (SSSR count). The summed E-state index contributed by atoms with van der Waals surface area (Å²) < 4.78 is 24.2. The molecule has 208 valence electrons. The number of nitrogens with one attached hydrogen (secondary N) is 1. The molecule has 3 aromatic rings. The maximum atomic E-state index is 12.8. The smallest absolute Gasteiger partial charge is 0.271 e. The summed E-state index contributed by atoms with van der Waals surface area (Å²) in [4.78, 5) is 12.8. The van der Waals surface area contributed by atoms with E-state index in [-0.39, 0.29) is 5.91 Å². The quantitative estimate of drug-likeness (QED) is 0.105. The summed E-state index contributed by atoms with van der Waals surface area (Å²) in [6.07, 6.45) is 6.07. The average Bonchev–Trinajstić information content (AvgIpc) is 2.94. The van der Waals surface area contributed by atoms with E-state index in [0.717, 1.165) is 28.4 Å². The highest BCUT2D eigenvalue weighted by Gasteiger charge is 2.13. The summed E-state index contributed by atoms with van der Waals surface area (Å²) in [6.45, 7) is 7.97. The molecular formula is C31H37BrN2O5. The lowest BCUT2D eigenvalue weighted by Gasteiger charge is -2.14. The van der Waals surface area contributed by atoms with Crippen LogP contribution in [0.15, 0.2) is 70.2 Å². The monoisotopic (exact) mass is 596 g/mol. The Kier molecular flexibility index (Phi) is 12.7. The highest BCUT2D eigenvalue weighted by atomic mass is 79.9. The van der Waals surface area contributed by atoms with Crippen LogP contribution in [0.2, 0.25) is 0 Å². The van der Waals surface area contributed by atoms with Crippen molar-refractivity contribution in [3.8, 4) is 23.0 Å². The summed E-state index contributed by atoms with van der Waals surface area (Å²) >= 11 is 3.59. The second-order valence-electron chi connectivity index (χ2n) is 8.74. The Bertz CT molecular complexity index is 1220. The van der Waals surface area contributed by atoms with Crippen LogP contribution in [0.5, 0.6) is 23.0 Å². The minimum absolute atomic E-state index is 0.363. The van der Waals surface area contributed by atoms with Crippen LogP contribution in [0.4, 0.5) is 0 Å². The number of hydrogen-bond donors (Lipinski definition) is 1. The van der Waals surface area contributed by atoms with Crippen molar-refractivity contribution >= 4 is 28.1 Å². The third-order valence-corrected chi connectivity index (χ3v) is 6.29. The molecule has 0 atom stereocenters. The minimum Gasteiger partial charge on any atom is -0.490 e. The number of halogens is 1. The first-order chi connectivity index (χ1) is 19.0. The van der Waals surface area contributed by atoms with E-state index in [9.17, 15) is 4.79 Å². The van der Waals surface area contributed by atoms with E-state index in [1.807, 2.05) is 56.3 Å². The topological polar surface area (TPSA) is 78.4 Å². The Hall–Kier alpha value is -3.52. The number of hydrazone groups is 1. The summed E-state index contributed by atoms with van der Waals surface area (Å²) in [5.74, 6) is 2.01. The number of benzene rings is 3. The van der Waals surface area contributed by atoms with Crippen molar-refractivity contribution in [2.75, 3.05) is 19.8 Å². The van der Waals surface area contributed by atoms with Crippen molar-refractivity contribution < 1.29 is 23.7 Å². The van der Waals surface area contributed by atoms with E-state index in [1.165, 1.54) is 12.8 Å². The number of hydrogen-bond acceptors (Lipinski definition) is 6. The fourth-order valence-corrected chi connectivity index (χ4v) is 4.34. The van der Waals surface area contributed by atoms with Crippen molar-refractivity contribution in [3.05, 3.63) is 81.8 Å². The van der Waals surface area contributed by atoms with Crippen molar-refractivity contribution in [3.63, 3.8) is 0 Å². The summed E-state index contributed by atoms with van der Waals surface area (Å²) in [5.41, 5.74) is 4.78. The molecule has 0 radical (unpaired) electrons. The maximum Gasteiger partial charge on any atom is 0.271 e. The van der Waals surface area contributed by atoms with Gasteiger partial charge in [0.25, 0.3) is 5.91 Å². The van der Waals surface area contributed by atoms with Gasteiger partial charge in [-0.3, -0.25) is 4.79 Å². The number of nitrogens with zero attached hydrogens (tertiary/aromatic N) is 1. The molecular weight excluding hydrogens is 560 g/mol. The van der Waals surface area contributed by atoms with Gasteiger partial charge in [-0.1, -0.05) is 56.5 Å². The molecule has 0 aliphatic heterocycles. The largest absolute Gasteiger partial charge is 0.490 e. The Morgan fingerprint density at radius 2 is 1.62 bits per heavy atom. The van der Waals surface area contributed by atoms with Gasteiger partial charge in [0.05, 0.1) is 30.5 Å². The fraction of sp³-hybridized carbons (Fsp3) is 0.355. The van der Waals surface area contributed by atoms with Gasteiger partial charge < -0.3 is 18.9 Å². The molecule has 0 heterocycles. The lowest BCUT2D eigenvalue weighted by molar-refractivity contribution is 0.0954. The van der Waals surface area contributed by atoms with Crippen molar-refractivity contribution in [2.45, 2.75) is 53.1 Å². The molecule has 0 saturated carbocycles. The lowest BCUT2D eigenvalue weighted by Crippen LogP contribution is -2.17. The first-order valence-corrected chi connectivity index (χ1v) is 14.2.